The molecule has 2 aliphatic rings. The van der Waals surface area contributed by atoms with Gasteiger partial charge in [0.1, 0.15) is 11.5 Å². The summed E-state index contributed by atoms with van der Waals surface area (Å²) in [5.74, 6) is -0.476. The second-order valence-electron chi connectivity index (χ2n) is 7.20. The average Bonchev–Trinajstić information content (AvgIpc) is 3.41. The van der Waals surface area contributed by atoms with Crippen LogP contribution in [0.1, 0.15) is 17.2 Å². The van der Waals surface area contributed by atoms with Crippen molar-refractivity contribution in [3.63, 3.8) is 0 Å². The lowest BCUT2D eigenvalue weighted by Crippen LogP contribution is -2.29. The quantitative estimate of drug-likeness (QED) is 0.385. The number of carbonyl (C=O) groups is 2. The highest BCUT2D eigenvalue weighted by atomic mass is 16.7. The van der Waals surface area contributed by atoms with Crippen LogP contribution in [0.25, 0.3) is 5.76 Å². The molecule has 3 aromatic rings. The number of benzene rings is 2. The zero-order valence-electron chi connectivity index (χ0n) is 17.0. The number of ether oxygens (including phenoxy) is 3. The summed E-state index contributed by atoms with van der Waals surface area (Å²) in [5.41, 5.74) is 1.27. The van der Waals surface area contributed by atoms with Gasteiger partial charge in [-0.3, -0.25) is 19.5 Å². The number of carbonyl (C=O) groups excluding carboxylic acids is 2. The number of para-hydroxylation sites is 2. The molecule has 5 rings (SSSR count). The van der Waals surface area contributed by atoms with E-state index in [1.807, 2.05) is 0 Å². The SMILES string of the molecule is COc1ccccc1N1C(=O)C(=O)/C(=C(\O)c2ccc3c(c2)OCO3)C1c1cccnc1. The Kier molecular flexibility index (Phi) is 4.74. The third-order valence-electron chi connectivity index (χ3n) is 5.44. The molecule has 3 heterocycles. The molecule has 2 aromatic carbocycles. The topological polar surface area (TPSA) is 98.2 Å². The predicted octanol–water partition coefficient (Wildman–Crippen LogP) is 3.45. The molecule has 1 unspecified atom stereocenters. The van der Waals surface area contributed by atoms with E-state index in [1.54, 1.807) is 67.0 Å². The van der Waals surface area contributed by atoms with Crippen LogP contribution in [0.5, 0.6) is 17.2 Å². The van der Waals surface area contributed by atoms with Crippen LogP contribution in [-0.4, -0.2) is 35.7 Å². The van der Waals surface area contributed by atoms with Crippen LogP contribution in [0.4, 0.5) is 5.69 Å². The number of hydrogen-bond acceptors (Lipinski definition) is 7. The summed E-state index contributed by atoms with van der Waals surface area (Å²) < 4.78 is 16.1. The molecule has 1 fully saturated rings. The number of hydrogen-bond donors (Lipinski definition) is 1. The fraction of sp³-hybridized carbons (Fsp3) is 0.125. The van der Waals surface area contributed by atoms with Gasteiger partial charge in [-0.05, 0) is 42.0 Å². The first kappa shape index (κ1) is 19.6. The average molecular weight is 430 g/mol. The van der Waals surface area contributed by atoms with Crippen molar-refractivity contribution in [3.05, 3.63) is 83.7 Å². The number of nitrogens with zero attached hydrogens (tertiary/aromatic N) is 2. The molecule has 0 spiro atoms. The Morgan fingerprint density at radius 1 is 1.09 bits per heavy atom. The van der Waals surface area contributed by atoms with E-state index in [0.29, 0.717) is 34.1 Å². The zero-order chi connectivity index (χ0) is 22.2. The van der Waals surface area contributed by atoms with E-state index < -0.39 is 17.7 Å². The Bertz CT molecular complexity index is 1250. The fourth-order valence-corrected chi connectivity index (χ4v) is 3.96. The smallest absolute Gasteiger partial charge is 0.300 e. The molecule has 1 aromatic heterocycles. The zero-order valence-corrected chi connectivity index (χ0v) is 17.0. The minimum Gasteiger partial charge on any atom is -0.507 e. The van der Waals surface area contributed by atoms with Gasteiger partial charge in [0, 0.05) is 18.0 Å². The van der Waals surface area contributed by atoms with Crippen molar-refractivity contribution in [2.45, 2.75) is 6.04 Å². The lowest BCUT2D eigenvalue weighted by molar-refractivity contribution is -0.132. The lowest BCUT2D eigenvalue weighted by Gasteiger charge is -2.26. The van der Waals surface area contributed by atoms with Crippen molar-refractivity contribution >= 4 is 23.1 Å². The number of pyridine rings is 1. The third-order valence-corrected chi connectivity index (χ3v) is 5.44. The van der Waals surface area contributed by atoms with Crippen LogP contribution >= 0.6 is 0 Å². The normalized spacial score (nSPS) is 18.8. The summed E-state index contributed by atoms with van der Waals surface area (Å²) in [6, 6.07) is 14.3. The van der Waals surface area contributed by atoms with Crippen molar-refractivity contribution in [2.75, 3.05) is 18.8 Å². The number of fused-ring (bicyclic) bond motifs is 1. The standard InChI is InChI=1S/C24H18N2O6/c1-30-17-7-3-2-6-16(17)26-21(15-5-4-10-25-12-15)20(23(28)24(26)29)22(27)14-8-9-18-19(11-14)32-13-31-18/h2-12,21,27H,13H2,1H3/b22-20-. The van der Waals surface area contributed by atoms with Crippen LogP contribution in [0.15, 0.2) is 72.6 Å². The van der Waals surface area contributed by atoms with Crippen molar-refractivity contribution in [1.82, 2.24) is 4.98 Å². The molecule has 1 atom stereocenters. The monoisotopic (exact) mass is 430 g/mol. The van der Waals surface area contributed by atoms with Gasteiger partial charge < -0.3 is 19.3 Å². The van der Waals surface area contributed by atoms with Gasteiger partial charge in [0.2, 0.25) is 6.79 Å². The second kappa shape index (κ2) is 7.73. The summed E-state index contributed by atoms with van der Waals surface area (Å²) in [4.78, 5) is 31.9. The van der Waals surface area contributed by atoms with Gasteiger partial charge in [-0.2, -0.15) is 0 Å². The molecule has 0 saturated carbocycles. The van der Waals surface area contributed by atoms with Crippen molar-refractivity contribution in [1.29, 1.82) is 0 Å². The van der Waals surface area contributed by atoms with E-state index in [-0.39, 0.29) is 18.1 Å². The number of aromatic nitrogens is 1. The Morgan fingerprint density at radius 2 is 1.91 bits per heavy atom. The van der Waals surface area contributed by atoms with Gasteiger partial charge in [-0.15, -0.1) is 0 Å². The van der Waals surface area contributed by atoms with E-state index >= 15 is 0 Å². The largest absolute Gasteiger partial charge is 0.507 e. The maximum absolute atomic E-state index is 13.2. The van der Waals surface area contributed by atoms with Crippen molar-refractivity contribution in [3.8, 4) is 17.2 Å². The van der Waals surface area contributed by atoms with Crippen molar-refractivity contribution < 1.29 is 28.9 Å². The van der Waals surface area contributed by atoms with Crippen LogP contribution < -0.4 is 19.1 Å². The van der Waals surface area contributed by atoms with Crippen LogP contribution in [0, 0.1) is 0 Å². The minimum atomic E-state index is -0.898. The number of methoxy groups -OCH3 is 1. The van der Waals surface area contributed by atoms with Gasteiger partial charge in [-0.25, -0.2) is 0 Å². The Balaban J connectivity index is 1.72. The Morgan fingerprint density at radius 3 is 2.69 bits per heavy atom. The number of amides is 1. The first-order valence-corrected chi connectivity index (χ1v) is 9.84. The predicted molar refractivity (Wildman–Crippen MR) is 115 cm³/mol. The molecule has 0 aliphatic carbocycles. The number of ketones is 1. The molecule has 1 N–H and O–H groups in total. The van der Waals surface area contributed by atoms with Gasteiger partial charge in [0.05, 0.1) is 24.4 Å². The second-order valence-corrected chi connectivity index (χ2v) is 7.20. The summed E-state index contributed by atoms with van der Waals surface area (Å²) in [7, 11) is 1.49. The first-order valence-electron chi connectivity index (χ1n) is 9.84. The molecule has 1 amide bonds. The molecule has 160 valence electrons. The lowest BCUT2D eigenvalue weighted by atomic mass is 9.96. The summed E-state index contributed by atoms with van der Waals surface area (Å²) in [6.07, 6.45) is 3.16. The maximum atomic E-state index is 13.2. The molecule has 8 nitrogen and oxygen atoms in total. The van der Waals surface area contributed by atoms with E-state index in [9.17, 15) is 14.7 Å². The van der Waals surface area contributed by atoms with Crippen LogP contribution in [0.3, 0.4) is 0 Å². The van der Waals surface area contributed by atoms with Gasteiger partial charge in [-0.1, -0.05) is 18.2 Å². The van der Waals surface area contributed by atoms with E-state index in [2.05, 4.69) is 4.98 Å². The van der Waals surface area contributed by atoms with E-state index in [1.165, 1.54) is 12.0 Å². The molecule has 0 radical (unpaired) electrons. The molecule has 1 saturated heterocycles. The number of rotatable bonds is 4. The molecule has 2 aliphatic heterocycles. The Hall–Kier alpha value is -4.33. The summed E-state index contributed by atoms with van der Waals surface area (Å²) >= 11 is 0. The number of Topliss-reactive ketones (excluding diaryl/α,β-unsaturated/α-hetero) is 1. The van der Waals surface area contributed by atoms with E-state index in [0.717, 1.165) is 0 Å². The molecule has 0 bridgehead atoms. The van der Waals surface area contributed by atoms with Crippen molar-refractivity contribution in [2.24, 2.45) is 0 Å². The molecule has 8 heteroatoms. The molecular weight excluding hydrogens is 412 g/mol. The number of aliphatic hydroxyl groups is 1. The molecular formula is C24H18N2O6. The number of aliphatic hydroxyl groups excluding tert-OH is 1. The maximum Gasteiger partial charge on any atom is 0.300 e. The number of anilines is 1. The van der Waals surface area contributed by atoms with Gasteiger partial charge in [0.25, 0.3) is 11.7 Å². The molecule has 32 heavy (non-hydrogen) atoms. The Labute approximate surface area is 183 Å². The summed E-state index contributed by atoms with van der Waals surface area (Å²) in [6.45, 7) is 0.0768. The van der Waals surface area contributed by atoms with Crippen LogP contribution in [-0.2, 0) is 9.59 Å². The highest BCUT2D eigenvalue weighted by Crippen LogP contribution is 2.45. The van der Waals surface area contributed by atoms with Gasteiger partial charge in [0.15, 0.2) is 11.5 Å². The van der Waals surface area contributed by atoms with E-state index in [4.69, 9.17) is 14.2 Å². The van der Waals surface area contributed by atoms with Crippen LogP contribution in [0.2, 0.25) is 0 Å². The van der Waals surface area contributed by atoms with Gasteiger partial charge >= 0.3 is 0 Å². The highest BCUT2D eigenvalue weighted by molar-refractivity contribution is 6.51. The third kappa shape index (κ3) is 3.04. The summed E-state index contributed by atoms with van der Waals surface area (Å²) in [5, 5.41) is 11.2. The minimum absolute atomic E-state index is 0.0484. The highest BCUT2D eigenvalue weighted by Gasteiger charge is 2.48. The fourth-order valence-electron chi connectivity index (χ4n) is 3.96. The first-order chi connectivity index (χ1) is 15.6.